The second-order valence-electron chi connectivity index (χ2n) is 10.2. The molecule has 1 aliphatic carbocycles. The number of amidine groups is 1. The number of halogens is 3. The molecule has 1 N–H and O–H groups in total. The predicted molar refractivity (Wildman–Crippen MR) is 145 cm³/mol. The van der Waals surface area contributed by atoms with Crippen molar-refractivity contribution in [1.29, 1.82) is 0 Å². The molecule has 1 amide bonds. The lowest BCUT2D eigenvalue weighted by molar-refractivity contribution is -0.138. The number of benzene rings is 2. The number of thioether (sulfide) groups is 1. The second kappa shape index (κ2) is 10.4. The summed E-state index contributed by atoms with van der Waals surface area (Å²) < 4.78 is 43.1. The van der Waals surface area contributed by atoms with Crippen molar-refractivity contribution in [3.63, 3.8) is 0 Å². The van der Waals surface area contributed by atoms with Crippen LogP contribution in [-0.4, -0.2) is 75.1 Å². The molecule has 0 unspecified atom stereocenters. The van der Waals surface area contributed by atoms with Gasteiger partial charge in [0.05, 0.1) is 35.3 Å². The van der Waals surface area contributed by atoms with E-state index in [9.17, 15) is 18.0 Å². The van der Waals surface area contributed by atoms with Crippen molar-refractivity contribution in [1.82, 2.24) is 19.6 Å². The minimum absolute atomic E-state index is 0.0147. The molecular weight excluding hydrogens is 527 g/mol. The van der Waals surface area contributed by atoms with E-state index in [0.29, 0.717) is 16.6 Å². The normalized spacial score (nSPS) is 19.9. The van der Waals surface area contributed by atoms with Crippen molar-refractivity contribution in [2.45, 2.75) is 31.5 Å². The number of fused-ring (bicyclic) bond motifs is 1. The van der Waals surface area contributed by atoms with Gasteiger partial charge in [-0.15, -0.1) is 0 Å². The van der Waals surface area contributed by atoms with Crippen LogP contribution >= 0.6 is 11.8 Å². The lowest BCUT2D eigenvalue weighted by Gasteiger charge is -2.34. The van der Waals surface area contributed by atoms with Crippen molar-refractivity contribution < 1.29 is 23.1 Å². The fraction of sp³-hybridized carbons (Fsp3) is 0.393. The number of carbonyl (C=O) groups is 1. The maximum Gasteiger partial charge on any atom is 0.416 e. The second-order valence-corrected chi connectivity index (χ2v) is 11.2. The number of amides is 1. The summed E-state index contributed by atoms with van der Waals surface area (Å²) in [6.07, 6.45) is 0.890. The lowest BCUT2D eigenvalue weighted by atomic mass is 10.0. The molecule has 2 aromatic carbocycles. The third-order valence-corrected chi connectivity index (χ3v) is 8.48. The summed E-state index contributed by atoms with van der Waals surface area (Å²) in [4.78, 5) is 21.6. The molecule has 3 aromatic rings. The minimum Gasteiger partial charge on any atom is -0.395 e. The molecule has 1 aromatic heterocycles. The highest BCUT2D eigenvalue weighted by Crippen LogP contribution is 2.43. The first-order chi connectivity index (χ1) is 18.8. The highest BCUT2D eigenvalue weighted by Gasteiger charge is 2.35. The molecule has 3 aliphatic rings. The fourth-order valence-corrected chi connectivity index (χ4v) is 6.10. The quantitative estimate of drug-likeness (QED) is 0.450. The molecule has 1 saturated heterocycles. The van der Waals surface area contributed by atoms with E-state index in [2.05, 4.69) is 19.9 Å². The molecule has 3 heterocycles. The van der Waals surface area contributed by atoms with Crippen molar-refractivity contribution in [3.8, 4) is 0 Å². The van der Waals surface area contributed by atoms with Crippen molar-refractivity contribution >= 4 is 39.8 Å². The standard InChI is InChI=1S/C28H28F3N5O2S/c29-28(30,31)23-15-20(19-2-3-19)4-5-21(23)17-36-24-6-1-18(13-22(24)16-32-36)14-25-26(38)33-27(39-25)35-9-7-34(8-10-35)11-12-37/h1,4-6,13-16,19,37H,2-3,7-12,17H2/b25-14-. The van der Waals surface area contributed by atoms with E-state index < -0.39 is 11.7 Å². The first-order valence-electron chi connectivity index (χ1n) is 13.0. The summed E-state index contributed by atoms with van der Waals surface area (Å²) in [5.74, 6) is -0.0374. The average Bonchev–Trinajstić information content (AvgIpc) is 3.60. The Morgan fingerprint density at radius 2 is 1.87 bits per heavy atom. The highest BCUT2D eigenvalue weighted by molar-refractivity contribution is 8.18. The van der Waals surface area contributed by atoms with Crippen molar-refractivity contribution in [3.05, 3.63) is 69.8 Å². The van der Waals surface area contributed by atoms with Crippen LogP contribution in [0.1, 0.15) is 41.0 Å². The van der Waals surface area contributed by atoms with Crippen molar-refractivity contribution in [2.24, 2.45) is 4.99 Å². The number of piperazine rings is 1. The molecule has 7 nitrogen and oxygen atoms in total. The van der Waals surface area contributed by atoms with E-state index in [-0.39, 0.29) is 30.5 Å². The monoisotopic (exact) mass is 555 g/mol. The van der Waals surface area contributed by atoms with Gasteiger partial charge in [0, 0.05) is 38.1 Å². The smallest absolute Gasteiger partial charge is 0.395 e. The average molecular weight is 556 g/mol. The number of aliphatic hydroxyl groups is 1. The van der Waals surface area contributed by atoms with Crippen LogP contribution in [0, 0.1) is 0 Å². The number of hydrogen-bond acceptors (Lipinski definition) is 6. The first-order valence-corrected chi connectivity index (χ1v) is 13.9. The molecule has 6 rings (SSSR count). The van der Waals surface area contributed by atoms with Crippen LogP contribution in [0.3, 0.4) is 0 Å². The summed E-state index contributed by atoms with van der Waals surface area (Å²) >= 11 is 1.35. The van der Waals surface area contributed by atoms with Crippen LogP contribution in [0.2, 0.25) is 0 Å². The topological polar surface area (TPSA) is 74.0 Å². The Morgan fingerprint density at radius 3 is 2.59 bits per heavy atom. The van der Waals surface area contributed by atoms with Gasteiger partial charge in [0.2, 0.25) is 0 Å². The summed E-state index contributed by atoms with van der Waals surface area (Å²) in [5.41, 5.74) is 1.87. The van der Waals surface area contributed by atoms with Crippen LogP contribution in [0.15, 0.2) is 52.5 Å². The Kier molecular flexibility index (Phi) is 6.98. The molecular formula is C28H28F3N5O2S. The zero-order valence-corrected chi connectivity index (χ0v) is 22.0. The predicted octanol–water partition coefficient (Wildman–Crippen LogP) is 4.56. The number of β-amino-alcohol motifs (C(OH)–C–C–N with tert-alkyl or cyclic N) is 1. The molecule has 39 heavy (non-hydrogen) atoms. The summed E-state index contributed by atoms with van der Waals surface area (Å²) in [7, 11) is 0. The van der Waals surface area contributed by atoms with E-state index in [4.69, 9.17) is 5.11 Å². The molecule has 0 radical (unpaired) electrons. The van der Waals surface area contributed by atoms with E-state index in [1.165, 1.54) is 17.8 Å². The van der Waals surface area contributed by atoms with Gasteiger partial charge in [0.1, 0.15) is 0 Å². The van der Waals surface area contributed by atoms with Crippen molar-refractivity contribution in [2.75, 3.05) is 39.3 Å². The number of aromatic nitrogens is 2. The van der Waals surface area contributed by atoms with Gasteiger partial charge in [-0.1, -0.05) is 18.2 Å². The number of nitrogens with zero attached hydrogens (tertiary/aromatic N) is 5. The molecule has 0 bridgehead atoms. The fourth-order valence-electron chi connectivity index (χ4n) is 5.14. The number of aliphatic hydroxyl groups excluding tert-OH is 1. The molecule has 1 saturated carbocycles. The zero-order valence-electron chi connectivity index (χ0n) is 21.2. The Hall–Kier alpha value is -3.15. The van der Waals surface area contributed by atoms with Crippen LogP contribution in [0.4, 0.5) is 13.2 Å². The SMILES string of the molecule is O=C1N=C(N2CCN(CCO)CC2)S/C1=C\c1ccc2c(cnn2Cc2ccc(C3CC3)cc2C(F)(F)F)c1. The number of hydrogen-bond donors (Lipinski definition) is 1. The van der Waals surface area contributed by atoms with Gasteiger partial charge in [0.15, 0.2) is 5.17 Å². The summed E-state index contributed by atoms with van der Waals surface area (Å²) in [6, 6.07) is 10.2. The van der Waals surface area contributed by atoms with Gasteiger partial charge >= 0.3 is 6.18 Å². The Morgan fingerprint density at radius 1 is 1.08 bits per heavy atom. The molecule has 0 spiro atoms. The van der Waals surface area contributed by atoms with Crippen LogP contribution in [0.5, 0.6) is 0 Å². The Bertz CT molecular complexity index is 1470. The maximum absolute atomic E-state index is 13.8. The van der Waals surface area contributed by atoms with E-state index in [0.717, 1.165) is 61.1 Å². The van der Waals surface area contributed by atoms with Crippen LogP contribution in [0.25, 0.3) is 17.0 Å². The third-order valence-electron chi connectivity index (χ3n) is 7.44. The zero-order chi connectivity index (χ0) is 27.1. The number of rotatable bonds is 6. The van der Waals surface area contributed by atoms with Gasteiger partial charge in [-0.2, -0.15) is 23.3 Å². The maximum atomic E-state index is 13.8. The van der Waals surface area contributed by atoms with E-state index in [1.54, 1.807) is 29.1 Å². The van der Waals surface area contributed by atoms with Gasteiger partial charge in [-0.3, -0.25) is 14.4 Å². The van der Waals surface area contributed by atoms with Crippen LogP contribution < -0.4 is 0 Å². The molecule has 204 valence electrons. The Balaban J connectivity index is 1.18. The molecule has 11 heteroatoms. The summed E-state index contributed by atoms with van der Waals surface area (Å²) in [5, 5.41) is 15.0. The molecule has 2 aliphatic heterocycles. The van der Waals surface area contributed by atoms with E-state index in [1.807, 2.05) is 18.2 Å². The van der Waals surface area contributed by atoms with Gasteiger partial charge in [-0.25, -0.2) is 0 Å². The largest absolute Gasteiger partial charge is 0.416 e. The third kappa shape index (κ3) is 5.61. The van der Waals surface area contributed by atoms with Gasteiger partial charge in [0.25, 0.3) is 5.91 Å². The van der Waals surface area contributed by atoms with Gasteiger partial charge < -0.3 is 10.0 Å². The Labute approximate surface area is 228 Å². The molecule has 2 fully saturated rings. The van der Waals surface area contributed by atoms with Crippen LogP contribution in [-0.2, 0) is 17.5 Å². The minimum atomic E-state index is -4.43. The molecule has 0 atom stereocenters. The first kappa shape index (κ1) is 26.1. The number of carbonyl (C=O) groups excluding carboxylic acids is 1. The lowest BCUT2D eigenvalue weighted by Crippen LogP contribution is -2.48. The summed E-state index contributed by atoms with van der Waals surface area (Å²) in [6.45, 7) is 3.90. The highest BCUT2D eigenvalue weighted by atomic mass is 32.2. The van der Waals surface area contributed by atoms with E-state index >= 15 is 0 Å². The number of aliphatic imine (C=N–C) groups is 1. The number of alkyl halides is 3. The van der Waals surface area contributed by atoms with Gasteiger partial charge in [-0.05, 0) is 71.5 Å².